The summed E-state index contributed by atoms with van der Waals surface area (Å²) < 4.78 is 0. The summed E-state index contributed by atoms with van der Waals surface area (Å²) in [4.78, 5) is 25.7. The largest absolute Gasteiger partial charge is 0.392 e. The number of nitrogens with zero attached hydrogens (tertiary/aromatic N) is 1. The number of hydrogen-bond donors (Lipinski definition) is 2. The minimum atomic E-state index is -0.728. The van der Waals surface area contributed by atoms with Gasteiger partial charge < -0.3 is 16.0 Å². The van der Waals surface area contributed by atoms with Crippen LogP contribution < -0.4 is 11.1 Å². The molecule has 0 radical (unpaired) electrons. The Morgan fingerprint density at radius 2 is 2.05 bits per heavy atom. The molecule has 3 N–H and O–H groups in total. The van der Waals surface area contributed by atoms with Gasteiger partial charge in [-0.2, -0.15) is 0 Å². The van der Waals surface area contributed by atoms with Crippen LogP contribution in [0.15, 0.2) is 0 Å². The van der Waals surface area contributed by atoms with E-state index in [9.17, 15) is 9.59 Å². The van der Waals surface area contributed by atoms with E-state index in [1.807, 2.05) is 6.92 Å². The normalized spacial score (nSPS) is 25.3. The highest BCUT2D eigenvalue weighted by molar-refractivity contribution is 7.80. The van der Waals surface area contributed by atoms with Crippen molar-refractivity contribution >= 4 is 29.0 Å². The third-order valence-corrected chi connectivity index (χ3v) is 3.97. The molecule has 1 rings (SSSR count). The Bertz CT molecular complexity index is 378. The summed E-state index contributed by atoms with van der Waals surface area (Å²) in [5.41, 5.74) is 5.00. The van der Waals surface area contributed by atoms with Crippen molar-refractivity contribution in [2.45, 2.75) is 33.1 Å². The van der Waals surface area contributed by atoms with Crippen LogP contribution in [0.5, 0.6) is 0 Å². The van der Waals surface area contributed by atoms with Crippen molar-refractivity contribution in [2.24, 2.45) is 17.1 Å². The van der Waals surface area contributed by atoms with Gasteiger partial charge in [-0.15, -0.1) is 0 Å². The van der Waals surface area contributed by atoms with Gasteiger partial charge >= 0.3 is 0 Å². The summed E-state index contributed by atoms with van der Waals surface area (Å²) in [5, 5.41) is 2.75. The summed E-state index contributed by atoms with van der Waals surface area (Å²) in [6.07, 6.45) is 2.24. The van der Waals surface area contributed by atoms with Crippen LogP contribution in [0.3, 0.4) is 0 Å². The second-order valence-corrected chi connectivity index (χ2v) is 5.91. The number of thiocarbonyl (C=S) groups is 1. The van der Waals surface area contributed by atoms with Crippen LogP contribution in [0.25, 0.3) is 0 Å². The van der Waals surface area contributed by atoms with Crippen molar-refractivity contribution in [1.29, 1.82) is 0 Å². The maximum Gasteiger partial charge on any atom is 0.239 e. The smallest absolute Gasteiger partial charge is 0.239 e. The van der Waals surface area contributed by atoms with E-state index in [0.717, 1.165) is 6.42 Å². The zero-order valence-corrected chi connectivity index (χ0v) is 12.7. The van der Waals surface area contributed by atoms with Gasteiger partial charge in [0.2, 0.25) is 11.8 Å². The predicted octanol–water partition coefficient (Wildman–Crippen LogP) is 0.673. The summed E-state index contributed by atoms with van der Waals surface area (Å²) in [5.74, 6) is 0.167. The zero-order chi connectivity index (χ0) is 14.6. The fourth-order valence-corrected chi connectivity index (χ4v) is 2.84. The first-order valence-electron chi connectivity index (χ1n) is 6.65. The van der Waals surface area contributed by atoms with E-state index in [2.05, 4.69) is 12.2 Å². The van der Waals surface area contributed by atoms with Crippen LogP contribution in [0.1, 0.15) is 33.1 Å². The van der Waals surface area contributed by atoms with Crippen molar-refractivity contribution in [3.05, 3.63) is 0 Å². The Labute approximate surface area is 119 Å². The van der Waals surface area contributed by atoms with Gasteiger partial charge in [-0.05, 0) is 25.2 Å². The van der Waals surface area contributed by atoms with Gasteiger partial charge in [0.1, 0.15) is 0 Å². The zero-order valence-electron chi connectivity index (χ0n) is 11.9. The average molecular weight is 285 g/mol. The molecule has 0 unspecified atom stereocenters. The monoisotopic (exact) mass is 285 g/mol. The number of nitrogens with one attached hydrogen (secondary N) is 1. The second kappa shape index (κ2) is 6.32. The van der Waals surface area contributed by atoms with E-state index in [4.69, 9.17) is 18.0 Å². The number of carbonyl (C=O) groups excluding carboxylic acids is 2. The number of nitrogens with two attached hydrogens (primary N) is 1. The number of hydrogen-bond acceptors (Lipinski definition) is 3. The molecule has 0 aromatic carbocycles. The lowest BCUT2D eigenvalue weighted by Gasteiger charge is -2.45. The first-order chi connectivity index (χ1) is 8.83. The van der Waals surface area contributed by atoms with Crippen molar-refractivity contribution in [2.75, 3.05) is 20.1 Å². The fraction of sp³-hybridized carbons (Fsp3) is 0.769. The van der Waals surface area contributed by atoms with E-state index in [1.54, 1.807) is 7.05 Å². The lowest BCUT2D eigenvalue weighted by Crippen LogP contribution is -2.57. The molecule has 108 valence electrons. The molecule has 19 heavy (non-hydrogen) atoms. The van der Waals surface area contributed by atoms with Crippen LogP contribution in [-0.4, -0.2) is 41.8 Å². The van der Waals surface area contributed by atoms with E-state index in [0.29, 0.717) is 25.3 Å². The van der Waals surface area contributed by atoms with Crippen molar-refractivity contribution in [3.8, 4) is 0 Å². The Hall–Kier alpha value is -1.17. The molecule has 0 saturated heterocycles. The Morgan fingerprint density at radius 3 is 2.47 bits per heavy atom. The average Bonchev–Trinajstić information content (AvgIpc) is 2.30. The number of carbonyl (C=O) groups is 2. The summed E-state index contributed by atoms with van der Waals surface area (Å²) >= 11 is 5.04. The topological polar surface area (TPSA) is 75.4 Å². The van der Waals surface area contributed by atoms with Gasteiger partial charge in [0.15, 0.2) is 0 Å². The number of rotatable bonds is 6. The minimum Gasteiger partial charge on any atom is -0.392 e. The SMILES string of the molecule is CCCNC(=O)CN(C)C(=O)C1(C(N)=S)CC(C)C1. The third kappa shape index (κ3) is 3.43. The van der Waals surface area contributed by atoms with Gasteiger partial charge in [0.05, 0.1) is 16.9 Å². The summed E-state index contributed by atoms with van der Waals surface area (Å²) in [6.45, 7) is 4.72. The molecule has 0 spiro atoms. The van der Waals surface area contributed by atoms with Gasteiger partial charge in [-0.1, -0.05) is 26.1 Å². The Kier molecular flexibility index (Phi) is 5.29. The highest BCUT2D eigenvalue weighted by Crippen LogP contribution is 2.46. The van der Waals surface area contributed by atoms with Gasteiger partial charge in [0.25, 0.3) is 0 Å². The maximum absolute atomic E-state index is 12.4. The Balaban J connectivity index is 2.61. The van der Waals surface area contributed by atoms with Crippen LogP contribution >= 0.6 is 12.2 Å². The maximum atomic E-state index is 12.4. The van der Waals surface area contributed by atoms with Crippen LogP contribution in [-0.2, 0) is 9.59 Å². The summed E-state index contributed by atoms with van der Waals surface area (Å²) in [6, 6.07) is 0. The van der Waals surface area contributed by atoms with Crippen LogP contribution in [0.4, 0.5) is 0 Å². The van der Waals surface area contributed by atoms with E-state index in [-0.39, 0.29) is 23.3 Å². The van der Waals surface area contributed by atoms with Crippen molar-refractivity contribution < 1.29 is 9.59 Å². The highest BCUT2D eigenvalue weighted by Gasteiger charge is 2.52. The third-order valence-electron chi connectivity index (χ3n) is 3.57. The summed E-state index contributed by atoms with van der Waals surface area (Å²) in [7, 11) is 1.62. The fourth-order valence-electron chi connectivity index (χ4n) is 2.58. The molecule has 1 fully saturated rings. The molecule has 2 amide bonds. The molecule has 0 atom stereocenters. The van der Waals surface area contributed by atoms with Gasteiger partial charge in [-0.25, -0.2) is 0 Å². The standard InChI is InChI=1S/C13H23N3O2S/c1-4-5-15-10(17)8-16(3)12(18)13(11(14)19)6-9(2)7-13/h9H,4-8H2,1-3H3,(H2,14,19)(H,15,17). The molecule has 6 heteroatoms. The van der Waals surface area contributed by atoms with Gasteiger partial charge in [0, 0.05) is 13.6 Å². The minimum absolute atomic E-state index is 0.0532. The molecule has 0 aromatic heterocycles. The molecule has 1 saturated carbocycles. The Morgan fingerprint density at radius 1 is 1.47 bits per heavy atom. The van der Waals surface area contributed by atoms with Crippen molar-refractivity contribution in [3.63, 3.8) is 0 Å². The van der Waals surface area contributed by atoms with E-state index in [1.165, 1.54) is 4.90 Å². The second-order valence-electron chi connectivity index (χ2n) is 5.47. The molecule has 0 bridgehead atoms. The quantitative estimate of drug-likeness (QED) is 0.704. The lowest BCUT2D eigenvalue weighted by atomic mass is 9.61. The number of likely N-dealkylation sites (N-methyl/N-ethyl adjacent to an activating group) is 1. The van der Waals surface area contributed by atoms with Crippen LogP contribution in [0.2, 0.25) is 0 Å². The highest BCUT2D eigenvalue weighted by atomic mass is 32.1. The van der Waals surface area contributed by atoms with E-state index < -0.39 is 5.41 Å². The molecule has 0 aromatic rings. The molecule has 5 nitrogen and oxygen atoms in total. The van der Waals surface area contributed by atoms with Crippen molar-refractivity contribution in [1.82, 2.24) is 10.2 Å². The molecule has 1 aliphatic carbocycles. The molecule has 0 aliphatic heterocycles. The molecular weight excluding hydrogens is 262 g/mol. The van der Waals surface area contributed by atoms with E-state index >= 15 is 0 Å². The molecular formula is C13H23N3O2S. The molecule has 0 heterocycles. The first kappa shape index (κ1) is 15.9. The predicted molar refractivity (Wildman–Crippen MR) is 78.6 cm³/mol. The van der Waals surface area contributed by atoms with Gasteiger partial charge in [-0.3, -0.25) is 9.59 Å². The lowest BCUT2D eigenvalue weighted by molar-refractivity contribution is -0.145. The first-order valence-corrected chi connectivity index (χ1v) is 7.06. The van der Waals surface area contributed by atoms with Crippen LogP contribution in [0, 0.1) is 11.3 Å². The molecule has 1 aliphatic rings. The number of amides is 2.